The summed E-state index contributed by atoms with van der Waals surface area (Å²) in [5.41, 5.74) is 0.231. The van der Waals surface area contributed by atoms with Crippen molar-refractivity contribution in [1.29, 1.82) is 0 Å². The van der Waals surface area contributed by atoms with E-state index < -0.39 is 26.5 Å². The maximum atomic E-state index is 13.8. The van der Waals surface area contributed by atoms with Crippen LogP contribution in [-0.4, -0.2) is 30.2 Å². The van der Waals surface area contributed by atoms with Crippen LogP contribution in [0.15, 0.2) is 59.8 Å². The molecule has 2 aromatic carbocycles. The van der Waals surface area contributed by atoms with Gasteiger partial charge in [-0.05, 0) is 31.3 Å². The normalized spacial score (nSPS) is 11.3. The molecule has 0 atom stereocenters. The van der Waals surface area contributed by atoms with Gasteiger partial charge in [-0.3, -0.25) is 10.1 Å². The molecular formula is C16H14FN5O4S. The van der Waals surface area contributed by atoms with E-state index in [1.54, 1.807) is 12.1 Å². The van der Waals surface area contributed by atoms with Crippen LogP contribution in [0.1, 0.15) is 0 Å². The third-order valence-corrected chi connectivity index (χ3v) is 5.12. The molecule has 11 heteroatoms. The van der Waals surface area contributed by atoms with Gasteiger partial charge in [0, 0.05) is 6.07 Å². The van der Waals surface area contributed by atoms with E-state index in [1.165, 1.54) is 48.4 Å². The first kappa shape index (κ1) is 18.5. The van der Waals surface area contributed by atoms with Crippen molar-refractivity contribution < 1.29 is 17.7 Å². The Morgan fingerprint density at radius 3 is 2.63 bits per heavy atom. The zero-order valence-corrected chi connectivity index (χ0v) is 14.8. The lowest BCUT2D eigenvalue weighted by atomic mass is 10.2. The second-order valence-electron chi connectivity index (χ2n) is 5.39. The Hall–Kier alpha value is -3.31. The molecule has 1 aromatic heterocycles. The molecule has 3 aromatic rings. The van der Waals surface area contributed by atoms with Gasteiger partial charge in [0.1, 0.15) is 17.2 Å². The van der Waals surface area contributed by atoms with Crippen molar-refractivity contribution in [3.63, 3.8) is 0 Å². The summed E-state index contributed by atoms with van der Waals surface area (Å²) in [5.74, 6) is -0.472. The molecule has 3 rings (SSSR count). The Balaban J connectivity index is 1.94. The molecule has 140 valence electrons. The molecular weight excluding hydrogens is 377 g/mol. The van der Waals surface area contributed by atoms with Crippen LogP contribution in [0.5, 0.6) is 0 Å². The minimum atomic E-state index is -3.82. The molecule has 0 aliphatic rings. The second kappa shape index (κ2) is 7.13. The van der Waals surface area contributed by atoms with Crippen LogP contribution in [0.2, 0.25) is 0 Å². The van der Waals surface area contributed by atoms with Crippen molar-refractivity contribution in [2.45, 2.75) is 4.90 Å². The number of nitro benzene ring substituents is 1. The number of hydrogen-bond acceptors (Lipinski definition) is 6. The summed E-state index contributed by atoms with van der Waals surface area (Å²) in [5, 5.41) is 18.2. The summed E-state index contributed by atoms with van der Waals surface area (Å²) in [4.78, 5) is 10.4. The van der Waals surface area contributed by atoms with Crippen LogP contribution >= 0.6 is 0 Å². The Labute approximate surface area is 153 Å². The van der Waals surface area contributed by atoms with Crippen LogP contribution in [0, 0.1) is 15.9 Å². The molecule has 0 radical (unpaired) electrons. The third-order valence-electron chi connectivity index (χ3n) is 3.71. The van der Waals surface area contributed by atoms with Crippen molar-refractivity contribution in [3.8, 4) is 5.69 Å². The lowest BCUT2D eigenvalue weighted by Crippen LogP contribution is -2.18. The SMILES string of the molecule is CNS(=O)(=O)c1ccc(Nc2cnn(-c3ccccc3F)c2)c([N+](=O)[O-])c1. The molecule has 0 aliphatic heterocycles. The van der Waals surface area contributed by atoms with Gasteiger partial charge in [-0.25, -0.2) is 22.2 Å². The molecule has 0 spiro atoms. The molecule has 0 fully saturated rings. The number of para-hydroxylation sites is 1. The van der Waals surface area contributed by atoms with Crippen LogP contribution in [0.3, 0.4) is 0 Å². The van der Waals surface area contributed by atoms with Gasteiger partial charge in [-0.1, -0.05) is 12.1 Å². The molecule has 27 heavy (non-hydrogen) atoms. The standard InChI is InChI=1S/C16H14FN5O4S/c1-18-27(25,26)12-6-7-14(16(8-12)22(23)24)20-11-9-19-21(10-11)15-5-3-2-4-13(15)17/h2-10,18,20H,1H3. The summed E-state index contributed by atoms with van der Waals surface area (Å²) in [6.45, 7) is 0. The van der Waals surface area contributed by atoms with Crippen molar-refractivity contribution >= 4 is 27.1 Å². The van der Waals surface area contributed by atoms with Crippen molar-refractivity contribution in [2.75, 3.05) is 12.4 Å². The molecule has 0 amide bonds. The largest absolute Gasteiger partial charge is 0.347 e. The molecule has 9 nitrogen and oxygen atoms in total. The minimum Gasteiger partial charge on any atom is -0.347 e. The topological polar surface area (TPSA) is 119 Å². The molecule has 0 aliphatic carbocycles. The summed E-state index contributed by atoms with van der Waals surface area (Å²) < 4.78 is 40.9. The number of nitrogens with zero attached hydrogens (tertiary/aromatic N) is 3. The molecule has 0 saturated heterocycles. The quantitative estimate of drug-likeness (QED) is 0.492. The lowest BCUT2D eigenvalue weighted by molar-refractivity contribution is -0.384. The van der Waals surface area contributed by atoms with Gasteiger partial charge in [0.15, 0.2) is 0 Å². The van der Waals surface area contributed by atoms with E-state index in [1.807, 2.05) is 0 Å². The summed E-state index contributed by atoms with van der Waals surface area (Å²) in [6, 6.07) is 9.49. The molecule has 2 N–H and O–H groups in total. The molecule has 0 saturated carbocycles. The lowest BCUT2D eigenvalue weighted by Gasteiger charge is -2.07. The van der Waals surface area contributed by atoms with Gasteiger partial charge in [-0.2, -0.15) is 5.10 Å². The van der Waals surface area contributed by atoms with E-state index >= 15 is 0 Å². The highest BCUT2D eigenvalue weighted by Gasteiger charge is 2.21. The summed E-state index contributed by atoms with van der Waals surface area (Å²) >= 11 is 0. The summed E-state index contributed by atoms with van der Waals surface area (Å²) in [7, 11) is -2.61. The summed E-state index contributed by atoms with van der Waals surface area (Å²) in [6.07, 6.45) is 2.83. The Morgan fingerprint density at radius 1 is 1.22 bits per heavy atom. The predicted octanol–water partition coefficient (Wildman–Crippen LogP) is 2.57. The molecule has 1 heterocycles. The van der Waals surface area contributed by atoms with Crippen molar-refractivity contribution in [2.24, 2.45) is 0 Å². The maximum Gasteiger partial charge on any atom is 0.294 e. The average molecular weight is 391 g/mol. The highest BCUT2D eigenvalue weighted by Crippen LogP contribution is 2.30. The number of benzene rings is 2. The Bertz CT molecular complexity index is 1110. The van der Waals surface area contributed by atoms with Crippen molar-refractivity contribution in [3.05, 3.63) is 70.8 Å². The van der Waals surface area contributed by atoms with E-state index in [-0.39, 0.29) is 16.3 Å². The monoisotopic (exact) mass is 391 g/mol. The van der Waals surface area contributed by atoms with Gasteiger partial charge < -0.3 is 5.32 Å². The fourth-order valence-corrected chi connectivity index (χ4v) is 3.12. The van der Waals surface area contributed by atoms with Crippen molar-refractivity contribution in [1.82, 2.24) is 14.5 Å². The first-order chi connectivity index (χ1) is 12.8. The predicted molar refractivity (Wildman–Crippen MR) is 96.1 cm³/mol. The number of hydrogen-bond donors (Lipinski definition) is 2. The number of nitrogens with one attached hydrogen (secondary N) is 2. The van der Waals surface area contributed by atoms with Crippen LogP contribution in [-0.2, 0) is 10.0 Å². The second-order valence-corrected chi connectivity index (χ2v) is 7.28. The zero-order valence-electron chi connectivity index (χ0n) is 14.0. The van der Waals surface area contributed by atoms with E-state index in [0.29, 0.717) is 5.69 Å². The molecule has 0 bridgehead atoms. The number of halogens is 1. The number of rotatable bonds is 6. The van der Waals surface area contributed by atoms with Crippen LogP contribution in [0.25, 0.3) is 5.69 Å². The van der Waals surface area contributed by atoms with Crippen LogP contribution in [0.4, 0.5) is 21.5 Å². The number of aromatic nitrogens is 2. The highest BCUT2D eigenvalue weighted by atomic mass is 32.2. The zero-order chi connectivity index (χ0) is 19.6. The number of anilines is 2. The third kappa shape index (κ3) is 3.78. The average Bonchev–Trinajstić information content (AvgIpc) is 3.10. The first-order valence-electron chi connectivity index (χ1n) is 7.60. The maximum absolute atomic E-state index is 13.8. The fourth-order valence-electron chi connectivity index (χ4n) is 2.37. The number of sulfonamides is 1. The van der Waals surface area contributed by atoms with E-state index in [9.17, 15) is 22.9 Å². The van der Waals surface area contributed by atoms with Gasteiger partial charge in [0.25, 0.3) is 5.69 Å². The van der Waals surface area contributed by atoms with E-state index in [4.69, 9.17) is 0 Å². The van der Waals surface area contributed by atoms with Gasteiger partial charge in [-0.15, -0.1) is 0 Å². The van der Waals surface area contributed by atoms with E-state index in [0.717, 1.165) is 6.07 Å². The Morgan fingerprint density at radius 2 is 1.96 bits per heavy atom. The van der Waals surface area contributed by atoms with Crippen LogP contribution < -0.4 is 10.0 Å². The van der Waals surface area contributed by atoms with Gasteiger partial charge in [0.05, 0.1) is 27.9 Å². The first-order valence-corrected chi connectivity index (χ1v) is 9.09. The van der Waals surface area contributed by atoms with Gasteiger partial charge in [0.2, 0.25) is 10.0 Å². The highest BCUT2D eigenvalue weighted by molar-refractivity contribution is 7.89. The molecule has 0 unspecified atom stereocenters. The smallest absolute Gasteiger partial charge is 0.294 e. The fraction of sp³-hybridized carbons (Fsp3) is 0.0625. The van der Waals surface area contributed by atoms with Gasteiger partial charge >= 0.3 is 0 Å². The number of nitro groups is 1. The minimum absolute atomic E-state index is 0.0723. The van der Waals surface area contributed by atoms with E-state index in [2.05, 4.69) is 15.1 Å². The Kier molecular flexibility index (Phi) is 4.88.